The number of nitrogens with one attached hydrogen (secondary N) is 2. The molecule has 0 unspecified atom stereocenters. The second-order valence-electron chi connectivity index (χ2n) is 2.85. The third kappa shape index (κ3) is 3.76. The Labute approximate surface area is 100 Å². The van der Waals surface area contributed by atoms with Crippen LogP contribution in [0.3, 0.4) is 0 Å². The van der Waals surface area contributed by atoms with Gasteiger partial charge < -0.3 is 20.5 Å². The molecule has 0 saturated carbocycles. The summed E-state index contributed by atoms with van der Waals surface area (Å²) >= 11 is 0.995. The molecule has 1 heterocycles. The molecule has 0 fully saturated rings. The predicted octanol–water partition coefficient (Wildman–Crippen LogP) is 0.741. The number of carboxylic acids is 1. The summed E-state index contributed by atoms with van der Waals surface area (Å²) < 4.78 is 4.32. The number of amides is 2. The van der Waals surface area contributed by atoms with E-state index in [-0.39, 0.29) is 17.1 Å². The van der Waals surface area contributed by atoms with Crippen LogP contribution in [0, 0.1) is 0 Å². The topological polar surface area (TPSA) is 105 Å². The SMILES string of the molecule is COC(=O)CNC(=O)Nc1ccsc1C(=O)O. The van der Waals surface area contributed by atoms with Crippen LogP contribution in [0.15, 0.2) is 11.4 Å². The van der Waals surface area contributed by atoms with E-state index in [2.05, 4.69) is 15.4 Å². The van der Waals surface area contributed by atoms with Gasteiger partial charge in [0.25, 0.3) is 0 Å². The Balaban J connectivity index is 2.53. The van der Waals surface area contributed by atoms with Gasteiger partial charge in [0.2, 0.25) is 0 Å². The number of thiophene rings is 1. The van der Waals surface area contributed by atoms with Crippen LogP contribution < -0.4 is 10.6 Å². The van der Waals surface area contributed by atoms with Crippen LogP contribution in [0.25, 0.3) is 0 Å². The molecule has 1 rings (SSSR count). The van der Waals surface area contributed by atoms with Crippen LogP contribution in [0.4, 0.5) is 10.5 Å². The van der Waals surface area contributed by atoms with Crippen LogP contribution in [0.5, 0.6) is 0 Å². The lowest BCUT2D eigenvalue weighted by molar-refractivity contribution is -0.139. The van der Waals surface area contributed by atoms with E-state index in [4.69, 9.17) is 5.11 Å². The first-order valence-corrected chi connectivity index (χ1v) is 5.35. The highest BCUT2D eigenvalue weighted by Crippen LogP contribution is 2.21. The lowest BCUT2D eigenvalue weighted by atomic mass is 10.4. The van der Waals surface area contributed by atoms with Gasteiger partial charge in [0.15, 0.2) is 0 Å². The molecule has 0 saturated heterocycles. The summed E-state index contributed by atoms with van der Waals surface area (Å²) in [6.45, 7) is -0.283. The minimum absolute atomic E-state index is 0.0261. The summed E-state index contributed by atoms with van der Waals surface area (Å²) in [5.41, 5.74) is 0.185. The molecule has 3 N–H and O–H groups in total. The van der Waals surface area contributed by atoms with Gasteiger partial charge in [0, 0.05) is 0 Å². The van der Waals surface area contributed by atoms with E-state index in [1.807, 2.05) is 0 Å². The van der Waals surface area contributed by atoms with Crippen molar-refractivity contribution in [3.63, 3.8) is 0 Å². The summed E-state index contributed by atoms with van der Waals surface area (Å²) in [6, 6.07) is 0.794. The maximum atomic E-state index is 11.3. The number of ether oxygens (including phenoxy) is 1. The molecule has 8 heteroatoms. The van der Waals surface area contributed by atoms with Crippen molar-refractivity contribution in [3.05, 3.63) is 16.3 Å². The number of esters is 1. The average Bonchev–Trinajstić information content (AvgIpc) is 2.74. The molecule has 0 spiro atoms. The zero-order valence-electron chi connectivity index (χ0n) is 8.85. The fourth-order valence-corrected chi connectivity index (χ4v) is 1.65. The van der Waals surface area contributed by atoms with Gasteiger partial charge in [-0.2, -0.15) is 0 Å². The van der Waals surface area contributed by atoms with Crippen molar-refractivity contribution >= 4 is 35.0 Å². The number of carbonyl (C=O) groups is 3. The van der Waals surface area contributed by atoms with E-state index in [1.54, 1.807) is 5.38 Å². The van der Waals surface area contributed by atoms with Crippen LogP contribution in [-0.4, -0.2) is 36.7 Å². The number of hydrogen-bond acceptors (Lipinski definition) is 5. The predicted molar refractivity (Wildman–Crippen MR) is 60.3 cm³/mol. The Hall–Kier alpha value is -2.09. The van der Waals surface area contributed by atoms with Crippen LogP contribution in [0.2, 0.25) is 0 Å². The molecule has 7 nitrogen and oxygen atoms in total. The van der Waals surface area contributed by atoms with E-state index in [0.717, 1.165) is 11.3 Å². The quantitative estimate of drug-likeness (QED) is 0.691. The zero-order valence-corrected chi connectivity index (χ0v) is 9.67. The number of hydrogen-bond donors (Lipinski definition) is 3. The van der Waals surface area contributed by atoms with E-state index >= 15 is 0 Å². The zero-order chi connectivity index (χ0) is 12.8. The Bertz CT molecular complexity index is 442. The molecule has 0 aromatic carbocycles. The van der Waals surface area contributed by atoms with E-state index in [1.165, 1.54) is 13.2 Å². The molecule has 0 radical (unpaired) electrons. The van der Waals surface area contributed by atoms with Crippen molar-refractivity contribution in [2.75, 3.05) is 19.0 Å². The number of methoxy groups -OCH3 is 1. The lowest BCUT2D eigenvalue weighted by Crippen LogP contribution is -2.33. The van der Waals surface area contributed by atoms with E-state index < -0.39 is 18.0 Å². The van der Waals surface area contributed by atoms with Gasteiger partial charge in [-0.1, -0.05) is 0 Å². The van der Waals surface area contributed by atoms with Crippen molar-refractivity contribution in [1.29, 1.82) is 0 Å². The molecule has 0 aliphatic heterocycles. The fraction of sp³-hybridized carbons (Fsp3) is 0.222. The molecule has 0 atom stereocenters. The Morgan fingerprint density at radius 3 is 2.76 bits per heavy atom. The van der Waals surface area contributed by atoms with Gasteiger partial charge in [-0.3, -0.25) is 4.79 Å². The van der Waals surface area contributed by atoms with Gasteiger partial charge in [0.05, 0.1) is 12.8 Å². The normalized spacial score (nSPS) is 9.47. The average molecular weight is 258 g/mol. The fourth-order valence-electron chi connectivity index (χ4n) is 0.964. The highest BCUT2D eigenvalue weighted by atomic mass is 32.1. The lowest BCUT2D eigenvalue weighted by Gasteiger charge is -2.05. The number of carboxylic acid groups (broad SMARTS) is 1. The van der Waals surface area contributed by atoms with Crippen molar-refractivity contribution in [2.45, 2.75) is 0 Å². The minimum atomic E-state index is -1.12. The maximum absolute atomic E-state index is 11.3. The Morgan fingerprint density at radius 1 is 1.47 bits per heavy atom. The number of anilines is 1. The first kappa shape index (κ1) is 13.0. The summed E-state index contributed by atoms with van der Waals surface area (Å²) in [5.74, 6) is -1.72. The van der Waals surface area contributed by atoms with Crippen molar-refractivity contribution in [1.82, 2.24) is 5.32 Å². The molecule has 0 bridgehead atoms. The van der Waals surface area contributed by atoms with Crippen LogP contribution in [-0.2, 0) is 9.53 Å². The minimum Gasteiger partial charge on any atom is -0.477 e. The molecule has 1 aromatic heterocycles. The third-order valence-electron chi connectivity index (χ3n) is 1.73. The first-order valence-electron chi connectivity index (χ1n) is 4.47. The van der Waals surface area contributed by atoms with E-state index in [9.17, 15) is 14.4 Å². The number of carbonyl (C=O) groups excluding carboxylic acids is 2. The van der Waals surface area contributed by atoms with Gasteiger partial charge in [-0.15, -0.1) is 11.3 Å². The number of aromatic carboxylic acids is 1. The summed E-state index contributed by atoms with van der Waals surface area (Å²) in [6.07, 6.45) is 0. The van der Waals surface area contributed by atoms with Gasteiger partial charge in [-0.05, 0) is 11.4 Å². The molecular formula is C9H10N2O5S. The van der Waals surface area contributed by atoms with Gasteiger partial charge >= 0.3 is 18.0 Å². The molecule has 17 heavy (non-hydrogen) atoms. The number of rotatable bonds is 4. The summed E-state index contributed by atoms with van der Waals surface area (Å²) in [4.78, 5) is 32.8. The van der Waals surface area contributed by atoms with Gasteiger partial charge in [0.1, 0.15) is 11.4 Å². The Morgan fingerprint density at radius 2 is 2.18 bits per heavy atom. The van der Waals surface area contributed by atoms with Crippen molar-refractivity contribution < 1.29 is 24.2 Å². The first-order chi connectivity index (χ1) is 8.04. The highest BCUT2D eigenvalue weighted by molar-refractivity contribution is 7.12. The van der Waals surface area contributed by atoms with Crippen molar-refractivity contribution in [3.8, 4) is 0 Å². The monoisotopic (exact) mass is 258 g/mol. The smallest absolute Gasteiger partial charge is 0.348 e. The number of urea groups is 1. The van der Waals surface area contributed by atoms with Crippen LogP contribution in [0.1, 0.15) is 9.67 Å². The second kappa shape index (κ2) is 5.85. The van der Waals surface area contributed by atoms with Crippen LogP contribution >= 0.6 is 11.3 Å². The summed E-state index contributed by atoms with van der Waals surface area (Å²) in [5, 5.41) is 14.9. The maximum Gasteiger partial charge on any atom is 0.348 e. The van der Waals surface area contributed by atoms with Crippen molar-refractivity contribution in [2.24, 2.45) is 0 Å². The second-order valence-corrected chi connectivity index (χ2v) is 3.77. The molecule has 1 aromatic rings. The Kier molecular flexibility index (Phi) is 4.46. The summed E-state index contributed by atoms with van der Waals surface area (Å²) in [7, 11) is 1.20. The molecule has 0 aliphatic rings. The van der Waals surface area contributed by atoms with E-state index in [0.29, 0.717) is 0 Å². The molecular weight excluding hydrogens is 248 g/mol. The largest absolute Gasteiger partial charge is 0.477 e. The standard InChI is InChI=1S/C9H10N2O5S/c1-16-6(12)4-10-9(15)11-5-2-3-17-7(5)8(13)14/h2-3H,4H2,1H3,(H,13,14)(H2,10,11,15). The highest BCUT2D eigenvalue weighted by Gasteiger charge is 2.14. The van der Waals surface area contributed by atoms with Gasteiger partial charge in [-0.25, -0.2) is 9.59 Å². The molecule has 0 aliphatic carbocycles. The molecule has 2 amide bonds. The third-order valence-corrected chi connectivity index (χ3v) is 2.63. The molecule has 92 valence electrons.